The summed E-state index contributed by atoms with van der Waals surface area (Å²) in [4.78, 5) is 11.0. The molecule has 0 saturated carbocycles. The van der Waals surface area contributed by atoms with Crippen LogP contribution < -0.4 is 4.74 Å². The van der Waals surface area contributed by atoms with E-state index in [1.807, 2.05) is 73.3 Å². The van der Waals surface area contributed by atoms with Gasteiger partial charge >= 0.3 is 0 Å². The highest BCUT2D eigenvalue weighted by Crippen LogP contribution is 2.36. The number of ether oxygens (including phenoxy) is 1. The summed E-state index contributed by atoms with van der Waals surface area (Å²) in [5.74, 6) is 1.62. The fourth-order valence-electron chi connectivity index (χ4n) is 3.29. The largest absolute Gasteiger partial charge is 0.457 e. The van der Waals surface area contributed by atoms with Gasteiger partial charge in [-0.25, -0.2) is 4.98 Å². The molecule has 4 nitrogen and oxygen atoms in total. The number of para-hydroxylation sites is 2. The minimum Gasteiger partial charge on any atom is -0.457 e. The Morgan fingerprint density at radius 2 is 1.63 bits per heavy atom. The van der Waals surface area contributed by atoms with Gasteiger partial charge in [-0.2, -0.15) is 0 Å². The molecule has 0 spiro atoms. The monoisotopic (exact) mass is 351 g/mol. The number of aromatic amines is 2. The first kappa shape index (κ1) is 15.5. The number of benzene rings is 2. The van der Waals surface area contributed by atoms with E-state index in [4.69, 9.17) is 4.74 Å². The molecule has 2 N–H and O–H groups in total. The van der Waals surface area contributed by atoms with Crippen molar-refractivity contribution in [2.45, 2.75) is 0 Å². The smallest absolute Gasteiger partial charge is 0.137 e. The maximum absolute atomic E-state index is 6.12. The lowest BCUT2D eigenvalue weighted by atomic mass is 10.0. The van der Waals surface area contributed by atoms with E-state index in [1.165, 1.54) is 0 Å². The molecule has 0 aliphatic heterocycles. The topological polar surface area (TPSA) is 53.7 Å². The standard InChI is InChI=1S/C23H17N3O/c1-2-6-18(7-3-1)27-22-9-5-4-8-19(22)17-12-20-21(16-10-11-24-13-16)15-26-23(20)25-14-17/h1-15,24H,(H,25,26). The van der Waals surface area contributed by atoms with Crippen molar-refractivity contribution in [3.63, 3.8) is 0 Å². The lowest BCUT2D eigenvalue weighted by molar-refractivity contribution is 0.484. The Morgan fingerprint density at radius 1 is 0.778 bits per heavy atom. The third-order valence-electron chi connectivity index (χ3n) is 4.61. The predicted molar refractivity (Wildman–Crippen MR) is 108 cm³/mol. The lowest BCUT2D eigenvalue weighted by Crippen LogP contribution is -1.89. The van der Waals surface area contributed by atoms with Gasteiger partial charge in [0.2, 0.25) is 0 Å². The number of hydrogen-bond donors (Lipinski definition) is 2. The number of fused-ring (bicyclic) bond motifs is 1. The van der Waals surface area contributed by atoms with Gasteiger partial charge in [0.1, 0.15) is 17.1 Å². The van der Waals surface area contributed by atoms with Crippen molar-refractivity contribution in [3.8, 4) is 33.8 Å². The highest BCUT2D eigenvalue weighted by atomic mass is 16.5. The van der Waals surface area contributed by atoms with Crippen molar-refractivity contribution in [2.75, 3.05) is 0 Å². The second-order valence-electron chi connectivity index (χ2n) is 6.33. The van der Waals surface area contributed by atoms with Crippen LogP contribution >= 0.6 is 0 Å². The van der Waals surface area contributed by atoms with E-state index in [0.717, 1.165) is 44.8 Å². The predicted octanol–water partition coefficient (Wildman–Crippen LogP) is 6.02. The van der Waals surface area contributed by atoms with E-state index in [0.29, 0.717) is 0 Å². The van der Waals surface area contributed by atoms with Crippen molar-refractivity contribution in [1.82, 2.24) is 15.0 Å². The van der Waals surface area contributed by atoms with Gasteiger partial charge in [-0.05, 0) is 30.3 Å². The van der Waals surface area contributed by atoms with Crippen LogP contribution in [0.2, 0.25) is 0 Å². The molecule has 0 bridgehead atoms. The number of H-pyrrole nitrogens is 2. The first-order valence-corrected chi connectivity index (χ1v) is 8.81. The Balaban J connectivity index is 1.61. The molecular weight excluding hydrogens is 334 g/mol. The molecule has 0 unspecified atom stereocenters. The number of pyridine rings is 1. The number of aromatic nitrogens is 3. The quantitative estimate of drug-likeness (QED) is 0.416. The molecule has 5 aromatic rings. The molecule has 3 heterocycles. The van der Waals surface area contributed by atoms with Gasteiger partial charge in [-0.1, -0.05) is 36.4 Å². The summed E-state index contributed by atoms with van der Waals surface area (Å²) in [6.45, 7) is 0. The normalized spacial score (nSPS) is 11.0. The van der Waals surface area contributed by atoms with Gasteiger partial charge in [0.05, 0.1) is 0 Å². The van der Waals surface area contributed by atoms with Gasteiger partial charge in [-0.3, -0.25) is 0 Å². The van der Waals surface area contributed by atoms with Gasteiger partial charge in [0, 0.05) is 52.4 Å². The molecule has 0 radical (unpaired) electrons. The van der Waals surface area contributed by atoms with Crippen molar-refractivity contribution < 1.29 is 4.74 Å². The molecule has 27 heavy (non-hydrogen) atoms. The van der Waals surface area contributed by atoms with Gasteiger partial charge in [0.25, 0.3) is 0 Å². The summed E-state index contributed by atoms with van der Waals surface area (Å²) in [6.07, 6.45) is 7.79. The second kappa shape index (κ2) is 6.50. The number of nitrogens with one attached hydrogen (secondary N) is 2. The molecule has 0 fully saturated rings. The molecule has 0 amide bonds. The Labute approximate surface area is 156 Å². The van der Waals surface area contributed by atoms with Crippen molar-refractivity contribution in [1.29, 1.82) is 0 Å². The van der Waals surface area contributed by atoms with Crippen LogP contribution in [0.5, 0.6) is 11.5 Å². The van der Waals surface area contributed by atoms with Crippen molar-refractivity contribution in [2.24, 2.45) is 0 Å². The Hall–Kier alpha value is -3.79. The summed E-state index contributed by atoms with van der Waals surface area (Å²) in [7, 11) is 0. The van der Waals surface area contributed by atoms with E-state index in [-0.39, 0.29) is 0 Å². The van der Waals surface area contributed by atoms with E-state index in [9.17, 15) is 0 Å². The summed E-state index contributed by atoms with van der Waals surface area (Å²) in [5, 5.41) is 1.08. The van der Waals surface area contributed by atoms with Crippen LogP contribution in [0.1, 0.15) is 0 Å². The number of rotatable bonds is 4. The molecule has 0 saturated heterocycles. The fourth-order valence-corrected chi connectivity index (χ4v) is 3.29. The molecule has 0 atom stereocenters. The van der Waals surface area contributed by atoms with Crippen LogP contribution in [0.4, 0.5) is 0 Å². The number of nitrogens with zero attached hydrogens (tertiary/aromatic N) is 1. The second-order valence-corrected chi connectivity index (χ2v) is 6.33. The molecule has 0 aliphatic rings. The van der Waals surface area contributed by atoms with Crippen LogP contribution in [-0.2, 0) is 0 Å². The summed E-state index contributed by atoms with van der Waals surface area (Å²) < 4.78 is 6.12. The zero-order chi connectivity index (χ0) is 18.1. The highest BCUT2D eigenvalue weighted by Gasteiger charge is 2.12. The minimum absolute atomic E-state index is 0.809. The lowest BCUT2D eigenvalue weighted by Gasteiger charge is -2.11. The Morgan fingerprint density at radius 3 is 2.48 bits per heavy atom. The van der Waals surface area contributed by atoms with Crippen LogP contribution in [0.25, 0.3) is 33.3 Å². The minimum atomic E-state index is 0.809. The van der Waals surface area contributed by atoms with E-state index in [1.54, 1.807) is 0 Å². The first-order chi connectivity index (χ1) is 13.4. The van der Waals surface area contributed by atoms with Crippen LogP contribution in [0.3, 0.4) is 0 Å². The van der Waals surface area contributed by atoms with Crippen LogP contribution in [0.15, 0.2) is 91.5 Å². The highest BCUT2D eigenvalue weighted by molar-refractivity contribution is 5.96. The maximum Gasteiger partial charge on any atom is 0.137 e. The molecule has 3 aromatic heterocycles. The first-order valence-electron chi connectivity index (χ1n) is 8.81. The van der Waals surface area contributed by atoms with Gasteiger partial charge in [0.15, 0.2) is 0 Å². The molecule has 2 aromatic carbocycles. The Bertz CT molecular complexity index is 1190. The summed E-state index contributed by atoms with van der Waals surface area (Å²) >= 11 is 0. The molecule has 5 rings (SSSR count). The zero-order valence-electron chi connectivity index (χ0n) is 14.5. The zero-order valence-corrected chi connectivity index (χ0v) is 14.5. The van der Waals surface area contributed by atoms with Gasteiger partial charge < -0.3 is 14.7 Å². The average Bonchev–Trinajstić information content (AvgIpc) is 3.38. The molecule has 0 aliphatic carbocycles. The third kappa shape index (κ3) is 2.87. The molecule has 4 heteroatoms. The summed E-state index contributed by atoms with van der Waals surface area (Å²) in [5.41, 5.74) is 5.16. The molecule has 130 valence electrons. The van der Waals surface area contributed by atoms with Crippen molar-refractivity contribution >= 4 is 11.0 Å². The van der Waals surface area contributed by atoms with Gasteiger partial charge in [-0.15, -0.1) is 0 Å². The van der Waals surface area contributed by atoms with Crippen LogP contribution in [0, 0.1) is 0 Å². The average molecular weight is 351 g/mol. The van der Waals surface area contributed by atoms with E-state index >= 15 is 0 Å². The van der Waals surface area contributed by atoms with Crippen LogP contribution in [-0.4, -0.2) is 15.0 Å². The SMILES string of the molecule is c1ccc(Oc2ccccc2-c2cnc3[nH]cc(-c4cc[nH]c4)c3c2)cc1. The summed E-state index contributed by atoms with van der Waals surface area (Å²) in [6, 6.07) is 22.1. The maximum atomic E-state index is 6.12. The van der Waals surface area contributed by atoms with E-state index in [2.05, 4.69) is 33.2 Å². The van der Waals surface area contributed by atoms with E-state index < -0.39 is 0 Å². The van der Waals surface area contributed by atoms with Crippen molar-refractivity contribution in [3.05, 3.63) is 91.5 Å². The third-order valence-corrected chi connectivity index (χ3v) is 4.61. The molecular formula is C23H17N3O. The number of hydrogen-bond acceptors (Lipinski definition) is 2. The Kier molecular flexibility index (Phi) is 3.72. The fraction of sp³-hybridized carbons (Fsp3) is 0.